The largest absolute Gasteiger partial charge is 0.278 e. The lowest BCUT2D eigenvalue weighted by molar-refractivity contribution is 1.01. The smallest absolute Gasteiger partial charge is 0.204 e. The number of nitrogens with zero attached hydrogens (tertiary/aromatic N) is 3. The molecule has 1 aliphatic carbocycles. The normalized spacial score (nSPS) is 14.8. The Morgan fingerprint density at radius 2 is 1.95 bits per heavy atom. The van der Waals surface area contributed by atoms with Crippen molar-refractivity contribution in [2.45, 2.75) is 25.3 Å². The summed E-state index contributed by atoms with van der Waals surface area (Å²) in [6.45, 7) is 10.2. The lowest BCUT2D eigenvalue weighted by atomic mass is 9.96. The molecule has 0 spiro atoms. The van der Waals surface area contributed by atoms with Crippen LogP contribution >= 0.6 is 15.9 Å². The fourth-order valence-corrected chi connectivity index (χ4v) is 4.35. The van der Waals surface area contributed by atoms with E-state index in [9.17, 15) is 0 Å². The molecule has 0 unspecified atom stereocenters. The second-order valence-electron chi connectivity index (χ2n) is 5.26. The molecule has 5 heteroatoms. The minimum absolute atomic E-state index is 0.417. The topological polar surface area (TPSA) is 30.7 Å². The summed E-state index contributed by atoms with van der Waals surface area (Å²) >= 11 is 3.52. The fourth-order valence-electron chi connectivity index (χ4n) is 2.79. The Morgan fingerprint density at radius 1 is 1.24 bits per heavy atom. The summed E-state index contributed by atoms with van der Waals surface area (Å²) in [5.41, 5.74) is 5.88. The molecular weight excluding hydrogens is 342 g/mol. The quantitative estimate of drug-likeness (QED) is 0.768. The number of aromatic nitrogens is 3. The molecule has 1 saturated carbocycles. The minimum Gasteiger partial charge on any atom is -0.278 e. The number of halogens is 1. The van der Waals surface area contributed by atoms with Crippen molar-refractivity contribution < 1.29 is 0 Å². The van der Waals surface area contributed by atoms with Crippen molar-refractivity contribution in [1.29, 1.82) is 0 Å². The van der Waals surface area contributed by atoms with E-state index in [0.717, 1.165) is 21.4 Å². The van der Waals surface area contributed by atoms with Crippen molar-refractivity contribution >= 4 is 43.0 Å². The van der Waals surface area contributed by atoms with Crippen LogP contribution in [-0.2, 0) is 0 Å². The van der Waals surface area contributed by atoms with Gasteiger partial charge in [0.05, 0.1) is 5.69 Å². The van der Waals surface area contributed by atoms with E-state index in [1.54, 1.807) is 0 Å². The van der Waals surface area contributed by atoms with Crippen LogP contribution in [0.2, 0.25) is 6.55 Å². The molecule has 0 aliphatic heterocycles. The van der Waals surface area contributed by atoms with Gasteiger partial charge in [0, 0.05) is 5.56 Å². The van der Waals surface area contributed by atoms with Gasteiger partial charge >= 0.3 is 0 Å². The molecule has 21 heavy (non-hydrogen) atoms. The highest BCUT2D eigenvalue weighted by molar-refractivity contribution is 9.10. The van der Waals surface area contributed by atoms with Crippen LogP contribution in [-0.4, -0.2) is 24.3 Å². The second-order valence-corrected chi connectivity index (χ2v) is 7.31. The summed E-state index contributed by atoms with van der Waals surface area (Å²) in [6.07, 6.45) is 6.43. The number of hydrogen-bond donors (Lipinski definition) is 0. The molecule has 3 nitrogen and oxygen atoms in total. The van der Waals surface area contributed by atoms with Crippen LogP contribution in [0.25, 0.3) is 17.8 Å². The zero-order chi connectivity index (χ0) is 15.0. The standard InChI is InChI=1S/C16H18BrN3Si/c1-4-11-12(5-2)14(9-8-13(11)10-6-7-10)20-15(17)18-19-16(20)21-3/h4-5,8-10H,1-2,6-7,21H2,3H3. The van der Waals surface area contributed by atoms with Gasteiger partial charge in [-0.25, -0.2) is 0 Å². The predicted molar refractivity (Wildman–Crippen MR) is 95.3 cm³/mol. The van der Waals surface area contributed by atoms with Crippen LogP contribution in [0.15, 0.2) is 30.0 Å². The first-order chi connectivity index (χ1) is 10.2. The number of hydrogen-bond acceptors (Lipinski definition) is 2. The maximum Gasteiger partial charge on any atom is 0.204 e. The lowest BCUT2D eigenvalue weighted by Crippen LogP contribution is -2.24. The van der Waals surface area contributed by atoms with E-state index < -0.39 is 9.52 Å². The molecule has 0 amide bonds. The zero-order valence-electron chi connectivity index (χ0n) is 12.1. The van der Waals surface area contributed by atoms with Gasteiger partial charge in [0.25, 0.3) is 0 Å². The molecule has 0 N–H and O–H groups in total. The average Bonchev–Trinajstić information content (AvgIpc) is 3.28. The molecular formula is C16H18BrN3Si. The van der Waals surface area contributed by atoms with Crippen LogP contribution in [0.4, 0.5) is 0 Å². The molecule has 0 radical (unpaired) electrons. The zero-order valence-corrected chi connectivity index (χ0v) is 15.1. The van der Waals surface area contributed by atoms with E-state index in [0.29, 0.717) is 5.92 Å². The van der Waals surface area contributed by atoms with Gasteiger partial charge in [-0.3, -0.25) is 4.57 Å². The Bertz CT molecular complexity index is 717. The number of rotatable bonds is 5. The summed E-state index contributed by atoms with van der Waals surface area (Å²) in [6, 6.07) is 4.39. The van der Waals surface area contributed by atoms with Gasteiger partial charge in [0.2, 0.25) is 4.73 Å². The molecule has 1 aromatic heterocycles. The van der Waals surface area contributed by atoms with Crippen LogP contribution in [0, 0.1) is 0 Å². The molecule has 1 heterocycles. The Labute approximate surface area is 135 Å². The van der Waals surface area contributed by atoms with Crippen molar-refractivity contribution in [3.05, 3.63) is 46.7 Å². The van der Waals surface area contributed by atoms with Crippen molar-refractivity contribution in [1.82, 2.24) is 14.8 Å². The summed E-state index contributed by atoms with van der Waals surface area (Å²) in [7, 11) is -0.417. The SMILES string of the molecule is C=Cc1c(C2CC2)ccc(-n2c(Br)nnc2[SiH2]C)c1C=C. The van der Waals surface area contributed by atoms with Gasteiger partial charge in [-0.2, -0.15) is 0 Å². The Morgan fingerprint density at radius 3 is 2.52 bits per heavy atom. The lowest BCUT2D eigenvalue weighted by Gasteiger charge is -2.16. The summed E-state index contributed by atoms with van der Waals surface area (Å²) in [4.78, 5) is 0. The first-order valence-electron chi connectivity index (χ1n) is 7.23. The van der Waals surface area contributed by atoms with Crippen LogP contribution < -0.4 is 5.45 Å². The molecule has 0 saturated heterocycles. The first-order valence-corrected chi connectivity index (χ1v) is 10.1. The maximum atomic E-state index is 4.28. The molecule has 0 bridgehead atoms. The van der Waals surface area contributed by atoms with Crippen LogP contribution in [0.5, 0.6) is 0 Å². The highest BCUT2D eigenvalue weighted by Gasteiger charge is 2.27. The van der Waals surface area contributed by atoms with E-state index in [1.165, 1.54) is 24.0 Å². The van der Waals surface area contributed by atoms with E-state index in [1.807, 2.05) is 12.2 Å². The van der Waals surface area contributed by atoms with Crippen molar-refractivity contribution in [3.8, 4) is 5.69 Å². The third-order valence-electron chi connectivity index (χ3n) is 3.97. The molecule has 3 rings (SSSR count). The van der Waals surface area contributed by atoms with Crippen molar-refractivity contribution in [3.63, 3.8) is 0 Å². The van der Waals surface area contributed by atoms with E-state index >= 15 is 0 Å². The monoisotopic (exact) mass is 359 g/mol. The second kappa shape index (κ2) is 5.73. The van der Waals surface area contributed by atoms with Gasteiger partial charge in [-0.15, -0.1) is 10.2 Å². The minimum atomic E-state index is -0.417. The van der Waals surface area contributed by atoms with Gasteiger partial charge in [-0.1, -0.05) is 37.9 Å². The van der Waals surface area contributed by atoms with Gasteiger partial charge in [-0.05, 0) is 51.9 Å². The average molecular weight is 360 g/mol. The predicted octanol–water partition coefficient (Wildman–Crippen LogP) is 3.04. The molecule has 0 atom stereocenters. The van der Waals surface area contributed by atoms with Gasteiger partial charge < -0.3 is 0 Å². The van der Waals surface area contributed by atoms with Gasteiger partial charge in [0.1, 0.15) is 15.0 Å². The summed E-state index contributed by atoms with van der Waals surface area (Å²) in [5.74, 6) is 0.690. The van der Waals surface area contributed by atoms with Crippen LogP contribution in [0.1, 0.15) is 35.4 Å². The Hall–Kier alpha value is -1.46. The third kappa shape index (κ3) is 2.44. The highest BCUT2D eigenvalue weighted by atomic mass is 79.9. The fraction of sp³-hybridized carbons (Fsp3) is 0.250. The summed E-state index contributed by atoms with van der Waals surface area (Å²) < 4.78 is 2.86. The van der Waals surface area contributed by atoms with E-state index in [4.69, 9.17) is 0 Å². The third-order valence-corrected chi connectivity index (χ3v) is 5.57. The molecule has 2 aromatic rings. The first kappa shape index (κ1) is 14.5. The molecule has 108 valence electrons. The number of benzene rings is 1. The van der Waals surface area contributed by atoms with Crippen molar-refractivity contribution in [2.75, 3.05) is 0 Å². The molecule has 1 fully saturated rings. The van der Waals surface area contributed by atoms with E-state index in [2.05, 4.69) is 62.5 Å². The highest BCUT2D eigenvalue weighted by Crippen LogP contribution is 2.43. The van der Waals surface area contributed by atoms with Gasteiger partial charge in [0.15, 0.2) is 0 Å². The Kier molecular flexibility index (Phi) is 3.95. The summed E-state index contributed by atoms with van der Waals surface area (Å²) in [5, 5.41) is 8.45. The van der Waals surface area contributed by atoms with Crippen LogP contribution in [0.3, 0.4) is 0 Å². The van der Waals surface area contributed by atoms with E-state index in [-0.39, 0.29) is 0 Å². The van der Waals surface area contributed by atoms with Crippen molar-refractivity contribution in [2.24, 2.45) is 0 Å². The molecule has 1 aromatic carbocycles. The molecule has 1 aliphatic rings. The maximum absolute atomic E-state index is 4.28. The Balaban J connectivity index is 2.25.